The Morgan fingerprint density at radius 2 is 1.75 bits per heavy atom. The third kappa shape index (κ3) is 4.84. The predicted octanol–water partition coefficient (Wildman–Crippen LogP) is 2.64. The number of rotatable bonds is 6. The molecule has 0 saturated heterocycles. The predicted molar refractivity (Wildman–Crippen MR) is 94.1 cm³/mol. The Morgan fingerprint density at radius 1 is 1.08 bits per heavy atom. The van der Waals surface area contributed by atoms with Crippen molar-refractivity contribution in [2.24, 2.45) is 0 Å². The number of carbonyl (C=O) groups is 2. The highest BCUT2D eigenvalue weighted by atomic mass is 16.5. The second-order valence-electron chi connectivity index (χ2n) is 5.63. The van der Waals surface area contributed by atoms with Crippen LogP contribution in [0.2, 0.25) is 0 Å². The molecule has 5 heteroatoms. The fourth-order valence-corrected chi connectivity index (χ4v) is 2.28. The first kappa shape index (κ1) is 17.5. The lowest BCUT2D eigenvalue weighted by Gasteiger charge is -2.17. The molecular weight excluding hydrogens is 304 g/mol. The minimum atomic E-state index is -0.235. The number of nitrogens with zero attached hydrogens (tertiary/aromatic N) is 1. The molecule has 0 radical (unpaired) electrons. The second-order valence-corrected chi connectivity index (χ2v) is 5.63. The summed E-state index contributed by atoms with van der Waals surface area (Å²) in [6.07, 6.45) is 0.291. The van der Waals surface area contributed by atoms with Crippen LogP contribution in [0.25, 0.3) is 0 Å². The molecule has 0 saturated carbocycles. The maximum atomic E-state index is 12.3. The number of methoxy groups -OCH3 is 1. The van der Waals surface area contributed by atoms with Crippen molar-refractivity contribution < 1.29 is 14.3 Å². The quantitative estimate of drug-likeness (QED) is 0.888. The minimum Gasteiger partial charge on any atom is -0.497 e. The largest absolute Gasteiger partial charge is 0.497 e. The number of ether oxygens (including phenoxy) is 1. The van der Waals surface area contributed by atoms with E-state index >= 15 is 0 Å². The number of amides is 2. The normalized spacial score (nSPS) is 10.1. The Bertz CT molecular complexity index is 711. The molecule has 5 nitrogen and oxygen atoms in total. The molecule has 0 spiro atoms. The van der Waals surface area contributed by atoms with Gasteiger partial charge in [0.15, 0.2) is 0 Å². The zero-order valence-electron chi connectivity index (χ0n) is 14.2. The number of benzene rings is 2. The van der Waals surface area contributed by atoms with Gasteiger partial charge in [-0.25, -0.2) is 0 Å². The Labute approximate surface area is 142 Å². The van der Waals surface area contributed by atoms with Gasteiger partial charge in [0.2, 0.25) is 11.8 Å². The van der Waals surface area contributed by atoms with Gasteiger partial charge in [0.05, 0.1) is 20.1 Å². The lowest BCUT2D eigenvalue weighted by Crippen LogP contribution is -2.35. The Hall–Kier alpha value is -2.82. The fourth-order valence-electron chi connectivity index (χ4n) is 2.28. The standard InChI is InChI=1S/C19H22N2O3/c1-14-6-4-5-7-15(14)12-19(23)21(2)13-18(22)20-16-8-10-17(24-3)11-9-16/h4-11H,12-13H2,1-3H3,(H,20,22). The van der Waals surface area contributed by atoms with Crippen LogP contribution in [0.15, 0.2) is 48.5 Å². The summed E-state index contributed by atoms with van der Waals surface area (Å²) in [6, 6.07) is 14.8. The first-order chi connectivity index (χ1) is 11.5. The molecule has 126 valence electrons. The van der Waals surface area contributed by atoms with E-state index in [0.717, 1.165) is 16.9 Å². The zero-order valence-corrected chi connectivity index (χ0v) is 14.2. The summed E-state index contributed by atoms with van der Waals surface area (Å²) in [6.45, 7) is 1.98. The van der Waals surface area contributed by atoms with Gasteiger partial charge < -0.3 is 15.0 Å². The van der Waals surface area contributed by atoms with Gasteiger partial charge in [0, 0.05) is 12.7 Å². The average Bonchev–Trinajstić information content (AvgIpc) is 2.57. The highest BCUT2D eigenvalue weighted by Crippen LogP contribution is 2.15. The summed E-state index contributed by atoms with van der Waals surface area (Å²) in [5.41, 5.74) is 2.72. The van der Waals surface area contributed by atoms with Crippen molar-refractivity contribution in [1.29, 1.82) is 0 Å². The van der Waals surface area contributed by atoms with Gasteiger partial charge in [-0.15, -0.1) is 0 Å². The van der Waals surface area contributed by atoms with Crippen LogP contribution >= 0.6 is 0 Å². The van der Waals surface area contributed by atoms with Gasteiger partial charge in [-0.1, -0.05) is 24.3 Å². The molecule has 0 aliphatic heterocycles. The minimum absolute atomic E-state index is 0.0107. The lowest BCUT2D eigenvalue weighted by molar-refractivity contribution is -0.132. The lowest BCUT2D eigenvalue weighted by atomic mass is 10.1. The van der Waals surface area contributed by atoms with Crippen molar-refractivity contribution in [3.05, 3.63) is 59.7 Å². The van der Waals surface area contributed by atoms with Crippen LogP contribution < -0.4 is 10.1 Å². The van der Waals surface area contributed by atoms with E-state index in [1.54, 1.807) is 38.4 Å². The molecule has 0 heterocycles. The van der Waals surface area contributed by atoms with Gasteiger partial charge in [-0.05, 0) is 42.3 Å². The van der Waals surface area contributed by atoms with Crippen LogP contribution in [-0.4, -0.2) is 37.4 Å². The smallest absolute Gasteiger partial charge is 0.243 e. The van der Waals surface area contributed by atoms with Crippen LogP contribution in [0.5, 0.6) is 5.75 Å². The number of aryl methyl sites for hydroxylation is 1. The molecule has 1 N–H and O–H groups in total. The van der Waals surface area contributed by atoms with Crippen LogP contribution in [0, 0.1) is 6.92 Å². The molecule has 0 bridgehead atoms. The van der Waals surface area contributed by atoms with Crippen molar-refractivity contribution in [2.45, 2.75) is 13.3 Å². The molecule has 0 atom stereocenters. The van der Waals surface area contributed by atoms with E-state index in [0.29, 0.717) is 12.1 Å². The van der Waals surface area contributed by atoms with E-state index in [4.69, 9.17) is 4.74 Å². The molecule has 0 aliphatic rings. The van der Waals surface area contributed by atoms with Crippen LogP contribution in [-0.2, 0) is 16.0 Å². The SMILES string of the molecule is COc1ccc(NC(=O)CN(C)C(=O)Cc2ccccc2C)cc1. The molecule has 0 aliphatic carbocycles. The molecular formula is C19H22N2O3. The molecule has 2 amide bonds. The number of nitrogens with one attached hydrogen (secondary N) is 1. The van der Waals surface area contributed by atoms with E-state index in [-0.39, 0.29) is 18.4 Å². The van der Waals surface area contributed by atoms with Crippen molar-refractivity contribution in [1.82, 2.24) is 4.90 Å². The van der Waals surface area contributed by atoms with Gasteiger partial charge >= 0.3 is 0 Å². The molecule has 0 unspecified atom stereocenters. The van der Waals surface area contributed by atoms with E-state index in [1.165, 1.54) is 4.90 Å². The first-order valence-corrected chi connectivity index (χ1v) is 7.72. The number of anilines is 1. The van der Waals surface area contributed by atoms with Crippen molar-refractivity contribution in [2.75, 3.05) is 26.0 Å². The van der Waals surface area contributed by atoms with Crippen LogP contribution in [0.4, 0.5) is 5.69 Å². The highest BCUT2D eigenvalue weighted by Gasteiger charge is 2.14. The topological polar surface area (TPSA) is 58.6 Å². The highest BCUT2D eigenvalue weighted by molar-refractivity contribution is 5.94. The maximum absolute atomic E-state index is 12.3. The number of carbonyl (C=O) groups excluding carboxylic acids is 2. The fraction of sp³-hybridized carbons (Fsp3) is 0.263. The monoisotopic (exact) mass is 326 g/mol. The van der Waals surface area contributed by atoms with E-state index in [9.17, 15) is 9.59 Å². The molecule has 24 heavy (non-hydrogen) atoms. The van der Waals surface area contributed by atoms with Crippen molar-refractivity contribution >= 4 is 17.5 Å². The average molecular weight is 326 g/mol. The first-order valence-electron chi connectivity index (χ1n) is 7.72. The molecule has 2 rings (SSSR count). The van der Waals surface area contributed by atoms with Gasteiger partial charge in [0.1, 0.15) is 5.75 Å². The Morgan fingerprint density at radius 3 is 2.38 bits per heavy atom. The van der Waals surface area contributed by atoms with Crippen molar-refractivity contribution in [3.63, 3.8) is 0 Å². The third-order valence-electron chi connectivity index (χ3n) is 3.78. The summed E-state index contributed by atoms with van der Waals surface area (Å²) in [4.78, 5) is 25.8. The maximum Gasteiger partial charge on any atom is 0.243 e. The summed E-state index contributed by atoms with van der Waals surface area (Å²) >= 11 is 0. The van der Waals surface area contributed by atoms with Gasteiger partial charge in [0.25, 0.3) is 0 Å². The van der Waals surface area contributed by atoms with Crippen LogP contribution in [0.3, 0.4) is 0 Å². The van der Waals surface area contributed by atoms with Crippen LogP contribution in [0.1, 0.15) is 11.1 Å². The second kappa shape index (κ2) is 8.15. The van der Waals surface area contributed by atoms with E-state index in [2.05, 4.69) is 5.32 Å². The Kier molecular flexibility index (Phi) is 5.95. The summed E-state index contributed by atoms with van der Waals surface area (Å²) in [7, 11) is 3.22. The zero-order chi connectivity index (χ0) is 17.5. The van der Waals surface area contributed by atoms with Gasteiger partial charge in [-0.3, -0.25) is 9.59 Å². The third-order valence-corrected chi connectivity index (χ3v) is 3.78. The van der Waals surface area contributed by atoms with Gasteiger partial charge in [-0.2, -0.15) is 0 Å². The summed E-state index contributed by atoms with van der Waals surface area (Å²) in [5, 5.41) is 2.77. The van der Waals surface area contributed by atoms with E-state index in [1.807, 2.05) is 31.2 Å². The number of hydrogen-bond donors (Lipinski definition) is 1. The molecule has 2 aromatic carbocycles. The molecule has 2 aromatic rings. The molecule has 0 aromatic heterocycles. The number of hydrogen-bond acceptors (Lipinski definition) is 3. The summed E-state index contributed by atoms with van der Waals surface area (Å²) in [5.74, 6) is 0.397. The van der Waals surface area contributed by atoms with Crippen molar-refractivity contribution in [3.8, 4) is 5.75 Å². The summed E-state index contributed by atoms with van der Waals surface area (Å²) < 4.78 is 5.07. The molecule has 0 fully saturated rings. The van der Waals surface area contributed by atoms with E-state index < -0.39 is 0 Å². The Balaban J connectivity index is 1.88. The number of likely N-dealkylation sites (N-methyl/N-ethyl adjacent to an activating group) is 1.